The van der Waals surface area contributed by atoms with Crippen molar-refractivity contribution in [2.75, 3.05) is 18.1 Å². The van der Waals surface area contributed by atoms with Gasteiger partial charge in [0.05, 0.1) is 25.1 Å². The summed E-state index contributed by atoms with van der Waals surface area (Å²) in [7, 11) is 0. The Balaban J connectivity index is 2.45. The van der Waals surface area contributed by atoms with Crippen molar-refractivity contribution in [2.45, 2.75) is 11.1 Å². The van der Waals surface area contributed by atoms with E-state index in [1.54, 1.807) is 6.20 Å². The number of nitrogen functional groups attached to an aromatic ring is 1. The summed E-state index contributed by atoms with van der Waals surface area (Å²) in [6.45, 7) is -0.247. The number of hydrogen-bond donors (Lipinski definition) is 3. The molecule has 1 rings (SSSR count). The van der Waals surface area contributed by atoms with E-state index < -0.39 is 6.10 Å². The first-order valence-corrected chi connectivity index (χ1v) is 4.70. The van der Waals surface area contributed by atoms with E-state index in [4.69, 9.17) is 15.9 Å². The van der Waals surface area contributed by atoms with Crippen LogP contribution in [0.3, 0.4) is 0 Å². The molecule has 13 heavy (non-hydrogen) atoms. The van der Waals surface area contributed by atoms with E-state index in [0.717, 1.165) is 0 Å². The lowest BCUT2D eigenvalue weighted by atomic mass is 10.4. The third kappa shape index (κ3) is 3.58. The zero-order valence-corrected chi connectivity index (χ0v) is 7.74. The summed E-state index contributed by atoms with van der Waals surface area (Å²) in [5.41, 5.74) is 5.40. The Morgan fingerprint density at radius 1 is 1.54 bits per heavy atom. The van der Waals surface area contributed by atoms with E-state index in [1.165, 1.54) is 18.0 Å². The van der Waals surface area contributed by atoms with Crippen molar-refractivity contribution in [1.29, 1.82) is 0 Å². The number of rotatable bonds is 4. The summed E-state index contributed by atoms with van der Waals surface area (Å²) in [5, 5.41) is 18.2. The Labute approximate surface area is 80.0 Å². The normalized spacial score (nSPS) is 12.8. The number of nitrogens with zero attached hydrogens (tertiary/aromatic N) is 2. The zero-order valence-electron chi connectivity index (χ0n) is 6.92. The number of aromatic nitrogens is 2. The monoisotopic (exact) mass is 201 g/mol. The molecule has 1 aromatic rings. The molecule has 6 heteroatoms. The van der Waals surface area contributed by atoms with Gasteiger partial charge in [-0.2, -0.15) is 0 Å². The molecular weight excluding hydrogens is 190 g/mol. The van der Waals surface area contributed by atoms with E-state index in [9.17, 15) is 0 Å². The van der Waals surface area contributed by atoms with Crippen molar-refractivity contribution in [1.82, 2.24) is 9.97 Å². The van der Waals surface area contributed by atoms with Crippen LogP contribution in [-0.4, -0.2) is 38.6 Å². The first kappa shape index (κ1) is 10.2. The first-order valence-electron chi connectivity index (χ1n) is 3.71. The maximum absolute atomic E-state index is 9.04. The van der Waals surface area contributed by atoms with Gasteiger partial charge in [-0.1, -0.05) is 0 Å². The summed E-state index contributed by atoms with van der Waals surface area (Å²) >= 11 is 1.30. The molecule has 0 saturated carbocycles. The molecule has 0 fully saturated rings. The van der Waals surface area contributed by atoms with Gasteiger partial charge >= 0.3 is 0 Å². The highest BCUT2D eigenvalue weighted by Crippen LogP contribution is 2.15. The topological polar surface area (TPSA) is 92.3 Å². The smallest absolute Gasteiger partial charge is 0.143 e. The van der Waals surface area contributed by atoms with Gasteiger partial charge in [0.2, 0.25) is 0 Å². The average molecular weight is 201 g/mol. The Bertz CT molecular complexity index is 272. The molecule has 0 aliphatic carbocycles. The highest BCUT2D eigenvalue weighted by molar-refractivity contribution is 7.99. The van der Waals surface area contributed by atoms with Crippen molar-refractivity contribution in [2.24, 2.45) is 0 Å². The van der Waals surface area contributed by atoms with E-state index >= 15 is 0 Å². The van der Waals surface area contributed by atoms with Crippen molar-refractivity contribution in [3.8, 4) is 0 Å². The minimum absolute atomic E-state index is 0.247. The van der Waals surface area contributed by atoms with Crippen LogP contribution in [0.2, 0.25) is 0 Å². The third-order valence-corrected chi connectivity index (χ3v) is 2.31. The quantitative estimate of drug-likeness (QED) is 0.569. The number of hydrogen-bond acceptors (Lipinski definition) is 6. The molecule has 1 atom stereocenters. The number of aliphatic hydroxyl groups is 2. The van der Waals surface area contributed by atoms with E-state index in [2.05, 4.69) is 9.97 Å². The van der Waals surface area contributed by atoms with Crippen LogP contribution in [0, 0.1) is 0 Å². The van der Waals surface area contributed by atoms with Crippen LogP contribution in [0.15, 0.2) is 17.4 Å². The minimum Gasteiger partial charge on any atom is -0.394 e. The summed E-state index contributed by atoms with van der Waals surface area (Å²) in [5.74, 6) is 0.734. The largest absolute Gasteiger partial charge is 0.394 e. The van der Waals surface area contributed by atoms with Gasteiger partial charge in [-0.25, -0.2) is 4.98 Å². The van der Waals surface area contributed by atoms with Gasteiger partial charge in [0.15, 0.2) is 0 Å². The molecule has 5 nitrogen and oxygen atoms in total. The summed E-state index contributed by atoms with van der Waals surface area (Å²) in [4.78, 5) is 7.80. The van der Waals surface area contributed by atoms with Crippen molar-refractivity contribution < 1.29 is 10.2 Å². The maximum atomic E-state index is 9.04. The van der Waals surface area contributed by atoms with Crippen molar-refractivity contribution in [3.63, 3.8) is 0 Å². The lowest BCUT2D eigenvalue weighted by Gasteiger charge is -2.05. The van der Waals surface area contributed by atoms with Gasteiger partial charge in [0.25, 0.3) is 0 Å². The van der Waals surface area contributed by atoms with Gasteiger partial charge in [0.1, 0.15) is 10.8 Å². The van der Waals surface area contributed by atoms with E-state index in [1.807, 2.05) is 0 Å². The van der Waals surface area contributed by atoms with Gasteiger partial charge in [-0.15, -0.1) is 11.8 Å². The lowest BCUT2D eigenvalue weighted by molar-refractivity contribution is 0.113. The molecule has 0 aliphatic rings. The minimum atomic E-state index is -0.728. The predicted octanol–water partition coefficient (Wildman–Crippen LogP) is -0.496. The zero-order chi connectivity index (χ0) is 9.68. The fourth-order valence-electron chi connectivity index (χ4n) is 0.666. The van der Waals surface area contributed by atoms with Crippen LogP contribution in [0.5, 0.6) is 0 Å². The lowest BCUT2D eigenvalue weighted by Crippen LogP contribution is -2.14. The number of nitrogens with two attached hydrogens (primary N) is 1. The van der Waals surface area contributed by atoms with Gasteiger partial charge in [0, 0.05) is 5.75 Å². The number of aliphatic hydroxyl groups excluding tert-OH is 2. The molecule has 0 radical (unpaired) electrons. The number of thioether (sulfide) groups is 1. The van der Waals surface area contributed by atoms with Gasteiger partial charge in [-0.05, 0) is 0 Å². The molecule has 0 bridgehead atoms. The van der Waals surface area contributed by atoms with Gasteiger partial charge in [-0.3, -0.25) is 4.98 Å². The standard InChI is InChI=1S/C7H11N3O2S/c8-6-1-9-2-7(10-6)13-4-5(12)3-11/h1-2,5,11-12H,3-4H2,(H2,8,10). The van der Waals surface area contributed by atoms with Gasteiger partial charge < -0.3 is 15.9 Å². The second-order valence-electron chi connectivity index (χ2n) is 2.43. The van der Waals surface area contributed by atoms with E-state index in [0.29, 0.717) is 16.6 Å². The maximum Gasteiger partial charge on any atom is 0.143 e. The van der Waals surface area contributed by atoms with Crippen LogP contribution in [0.1, 0.15) is 0 Å². The van der Waals surface area contributed by atoms with Crippen LogP contribution in [0.25, 0.3) is 0 Å². The molecule has 0 aliphatic heterocycles. The summed E-state index contributed by atoms with van der Waals surface area (Å²) in [6, 6.07) is 0. The van der Waals surface area contributed by atoms with E-state index in [-0.39, 0.29) is 6.61 Å². The fourth-order valence-corrected chi connectivity index (χ4v) is 1.44. The van der Waals surface area contributed by atoms with Crippen LogP contribution in [0.4, 0.5) is 5.82 Å². The van der Waals surface area contributed by atoms with Crippen molar-refractivity contribution in [3.05, 3.63) is 12.4 Å². The molecular formula is C7H11N3O2S. The SMILES string of the molecule is Nc1cncc(SCC(O)CO)n1. The summed E-state index contributed by atoms with van der Waals surface area (Å²) in [6.07, 6.45) is 2.28. The highest BCUT2D eigenvalue weighted by atomic mass is 32.2. The average Bonchev–Trinajstić information content (AvgIpc) is 2.14. The second kappa shape index (κ2) is 5.00. The molecule has 0 amide bonds. The Morgan fingerprint density at radius 3 is 2.92 bits per heavy atom. The predicted molar refractivity (Wildman–Crippen MR) is 50.3 cm³/mol. The molecule has 1 unspecified atom stereocenters. The molecule has 0 aromatic carbocycles. The second-order valence-corrected chi connectivity index (χ2v) is 3.47. The van der Waals surface area contributed by atoms with Crippen LogP contribution in [-0.2, 0) is 0 Å². The third-order valence-electron chi connectivity index (χ3n) is 1.27. The molecule has 0 saturated heterocycles. The van der Waals surface area contributed by atoms with Crippen molar-refractivity contribution >= 4 is 17.6 Å². The fraction of sp³-hybridized carbons (Fsp3) is 0.429. The molecule has 0 spiro atoms. The highest BCUT2D eigenvalue weighted by Gasteiger charge is 2.04. The molecule has 72 valence electrons. The van der Waals surface area contributed by atoms with Crippen LogP contribution >= 0.6 is 11.8 Å². The number of anilines is 1. The first-order chi connectivity index (χ1) is 6.22. The Morgan fingerprint density at radius 2 is 2.31 bits per heavy atom. The molecule has 1 aromatic heterocycles. The summed E-state index contributed by atoms with van der Waals surface area (Å²) < 4.78 is 0. The van der Waals surface area contributed by atoms with Crippen LogP contribution < -0.4 is 5.73 Å². The Kier molecular flexibility index (Phi) is 3.94. The molecule has 1 heterocycles. The molecule has 4 N–H and O–H groups in total. The Hall–Kier alpha value is -0.850.